The molecule has 0 aliphatic rings. The quantitative estimate of drug-likeness (QED) is 0.663. The van der Waals surface area contributed by atoms with E-state index in [4.69, 9.17) is 14.6 Å². The third-order valence-electron chi connectivity index (χ3n) is 1.78. The van der Waals surface area contributed by atoms with Crippen molar-refractivity contribution in [3.63, 3.8) is 0 Å². The number of nitrogens with one attached hydrogen (secondary N) is 1. The van der Waals surface area contributed by atoms with E-state index in [2.05, 4.69) is 15.3 Å². The summed E-state index contributed by atoms with van der Waals surface area (Å²) in [6.07, 6.45) is 1.45. The van der Waals surface area contributed by atoms with Gasteiger partial charge in [0.05, 0.1) is 12.7 Å². The first-order chi connectivity index (χ1) is 8.58. The van der Waals surface area contributed by atoms with Crippen LogP contribution in [0.25, 0.3) is 0 Å². The summed E-state index contributed by atoms with van der Waals surface area (Å²) in [6, 6.07) is 1.68. The van der Waals surface area contributed by atoms with Crippen molar-refractivity contribution in [2.45, 2.75) is 20.0 Å². The summed E-state index contributed by atoms with van der Waals surface area (Å²) in [7, 11) is 0. The van der Waals surface area contributed by atoms with Crippen LogP contribution in [0.15, 0.2) is 12.4 Å². The first-order valence-corrected chi connectivity index (χ1v) is 5.60. The molecule has 7 nitrogen and oxygen atoms in total. The third kappa shape index (κ3) is 6.00. The minimum Gasteiger partial charge on any atom is -0.480 e. The Bertz CT molecular complexity index is 384. The summed E-state index contributed by atoms with van der Waals surface area (Å²) in [5.41, 5.74) is 0. The first kappa shape index (κ1) is 14.2. The molecule has 0 saturated heterocycles. The van der Waals surface area contributed by atoms with Gasteiger partial charge in [0, 0.05) is 12.6 Å². The predicted molar refractivity (Wildman–Crippen MR) is 64.7 cm³/mol. The largest absolute Gasteiger partial charge is 0.480 e. The van der Waals surface area contributed by atoms with Crippen molar-refractivity contribution in [2.24, 2.45) is 0 Å². The Kier molecular flexibility index (Phi) is 5.86. The maximum absolute atomic E-state index is 10.2. The van der Waals surface area contributed by atoms with Gasteiger partial charge in [0.25, 0.3) is 0 Å². The highest BCUT2D eigenvalue weighted by atomic mass is 16.5. The summed E-state index contributed by atoms with van der Waals surface area (Å²) >= 11 is 0. The smallest absolute Gasteiger partial charge is 0.329 e. The van der Waals surface area contributed by atoms with Crippen LogP contribution in [0.3, 0.4) is 0 Å². The van der Waals surface area contributed by atoms with Crippen molar-refractivity contribution >= 4 is 11.8 Å². The van der Waals surface area contributed by atoms with Crippen LogP contribution in [-0.4, -0.2) is 46.9 Å². The molecule has 0 fully saturated rings. The highest BCUT2D eigenvalue weighted by Crippen LogP contribution is 2.11. The van der Waals surface area contributed by atoms with E-state index in [0.717, 1.165) is 0 Å². The minimum atomic E-state index is -0.982. The van der Waals surface area contributed by atoms with Crippen molar-refractivity contribution in [3.05, 3.63) is 12.4 Å². The minimum absolute atomic E-state index is 0.0478. The normalized spacial score (nSPS) is 10.4. The fourth-order valence-electron chi connectivity index (χ4n) is 1.15. The van der Waals surface area contributed by atoms with E-state index in [1.54, 1.807) is 6.07 Å². The summed E-state index contributed by atoms with van der Waals surface area (Å²) < 4.78 is 10.3. The van der Waals surface area contributed by atoms with Crippen molar-refractivity contribution in [1.29, 1.82) is 0 Å². The zero-order valence-electron chi connectivity index (χ0n) is 10.4. The number of aromatic nitrogens is 2. The molecule has 1 aromatic rings. The lowest BCUT2D eigenvalue weighted by Crippen LogP contribution is -2.15. The molecule has 0 aromatic carbocycles. The van der Waals surface area contributed by atoms with E-state index in [9.17, 15) is 4.79 Å². The highest BCUT2D eigenvalue weighted by Gasteiger charge is 2.02. The molecule has 0 spiro atoms. The molecule has 18 heavy (non-hydrogen) atoms. The summed E-state index contributed by atoms with van der Waals surface area (Å²) in [4.78, 5) is 18.2. The molecule has 0 unspecified atom stereocenters. The molecule has 0 aliphatic carbocycles. The number of carboxylic acid groups (broad SMARTS) is 1. The Labute approximate surface area is 105 Å². The van der Waals surface area contributed by atoms with Gasteiger partial charge in [0.15, 0.2) is 0 Å². The van der Waals surface area contributed by atoms with E-state index in [0.29, 0.717) is 18.2 Å². The van der Waals surface area contributed by atoms with E-state index >= 15 is 0 Å². The predicted octanol–water partition coefficient (Wildman–Crippen LogP) is 0.777. The SMILES string of the molecule is CC(C)Oc1cc(NCCOCC(=O)O)ncn1. The molecule has 1 heterocycles. The van der Waals surface area contributed by atoms with Crippen LogP contribution in [0.1, 0.15) is 13.8 Å². The Hall–Kier alpha value is -1.89. The van der Waals surface area contributed by atoms with Crippen LogP contribution in [0.4, 0.5) is 5.82 Å². The molecule has 1 rings (SSSR count). The van der Waals surface area contributed by atoms with Crippen LogP contribution >= 0.6 is 0 Å². The second-order valence-electron chi connectivity index (χ2n) is 3.78. The lowest BCUT2D eigenvalue weighted by molar-refractivity contribution is -0.142. The molecule has 1 aromatic heterocycles. The zero-order chi connectivity index (χ0) is 13.4. The van der Waals surface area contributed by atoms with Gasteiger partial charge < -0.3 is 19.9 Å². The average molecular weight is 255 g/mol. The van der Waals surface area contributed by atoms with Crippen molar-refractivity contribution in [1.82, 2.24) is 9.97 Å². The lowest BCUT2D eigenvalue weighted by Gasteiger charge is -2.10. The van der Waals surface area contributed by atoms with Crippen LogP contribution in [-0.2, 0) is 9.53 Å². The molecule has 0 saturated carbocycles. The Morgan fingerprint density at radius 1 is 1.50 bits per heavy atom. The fourth-order valence-corrected chi connectivity index (χ4v) is 1.15. The van der Waals surface area contributed by atoms with Gasteiger partial charge in [-0.15, -0.1) is 0 Å². The Morgan fingerprint density at radius 2 is 2.28 bits per heavy atom. The maximum atomic E-state index is 10.2. The molecular weight excluding hydrogens is 238 g/mol. The van der Waals surface area contributed by atoms with Crippen LogP contribution in [0, 0.1) is 0 Å². The third-order valence-corrected chi connectivity index (χ3v) is 1.78. The molecule has 0 aliphatic heterocycles. The van der Waals surface area contributed by atoms with Gasteiger partial charge >= 0.3 is 5.97 Å². The van der Waals surface area contributed by atoms with Gasteiger partial charge in [-0.1, -0.05) is 0 Å². The molecule has 0 bridgehead atoms. The van der Waals surface area contributed by atoms with Gasteiger partial charge in [0.2, 0.25) is 5.88 Å². The van der Waals surface area contributed by atoms with Crippen molar-refractivity contribution in [3.8, 4) is 5.88 Å². The fraction of sp³-hybridized carbons (Fsp3) is 0.545. The molecule has 7 heteroatoms. The number of anilines is 1. The lowest BCUT2D eigenvalue weighted by atomic mass is 10.4. The number of ether oxygens (including phenoxy) is 2. The maximum Gasteiger partial charge on any atom is 0.329 e. The van der Waals surface area contributed by atoms with Crippen molar-refractivity contribution < 1.29 is 19.4 Å². The molecular formula is C11H17N3O4. The number of nitrogens with zero attached hydrogens (tertiary/aromatic N) is 2. The van der Waals surface area contributed by atoms with E-state index in [1.165, 1.54) is 6.33 Å². The average Bonchev–Trinajstić information content (AvgIpc) is 2.27. The molecule has 0 amide bonds. The number of aliphatic carboxylic acids is 1. The zero-order valence-corrected chi connectivity index (χ0v) is 10.4. The standard InChI is InChI=1S/C11H17N3O4/c1-8(2)18-10-5-9(13-7-14-10)12-3-4-17-6-11(15)16/h5,7-8H,3-4,6H2,1-2H3,(H,15,16)(H,12,13,14). The Morgan fingerprint density at radius 3 is 2.94 bits per heavy atom. The first-order valence-electron chi connectivity index (χ1n) is 5.60. The number of rotatable bonds is 8. The molecule has 0 radical (unpaired) electrons. The summed E-state index contributed by atoms with van der Waals surface area (Å²) in [5.74, 6) is 0.123. The monoisotopic (exact) mass is 255 g/mol. The van der Waals surface area contributed by atoms with E-state index in [1.807, 2.05) is 13.8 Å². The van der Waals surface area contributed by atoms with E-state index in [-0.39, 0.29) is 19.3 Å². The van der Waals surface area contributed by atoms with Gasteiger partial charge in [0.1, 0.15) is 18.8 Å². The van der Waals surface area contributed by atoms with Crippen LogP contribution in [0.2, 0.25) is 0 Å². The number of carboxylic acids is 1. The van der Waals surface area contributed by atoms with Crippen LogP contribution < -0.4 is 10.1 Å². The summed E-state index contributed by atoms with van der Waals surface area (Å²) in [6.45, 7) is 4.28. The topological polar surface area (TPSA) is 93.6 Å². The molecule has 0 atom stereocenters. The van der Waals surface area contributed by atoms with Crippen molar-refractivity contribution in [2.75, 3.05) is 25.1 Å². The summed E-state index contributed by atoms with van der Waals surface area (Å²) in [5, 5.41) is 11.4. The molecule has 100 valence electrons. The highest BCUT2D eigenvalue weighted by molar-refractivity contribution is 5.67. The second kappa shape index (κ2) is 7.44. The van der Waals surface area contributed by atoms with Gasteiger partial charge in [-0.3, -0.25) is 0 Å². The number of hydrogen-bond donors (Lipinski definition) is 2. The van der Waals surface area contributed by atoms with Crippen LogP contribution in [0.5, 0.6) is 5.88 Å². The van der Waals surface area contributed by atoms with Gasteiger partial charge in [-0.05, 0) is 13.8 Å². The van der Waals surface area contributed by atoms with Gasteiger partial charge in [-0.2, -0.15) is 0 Å². The Balaban J connectivity index is 2.31. The van der Waals surface area contributed by atoms with Gasteiger partial charge in [-0.25, -0.2) is 14.8 Å². The second-order valence-corrected chi connectivity index (χ2v) is 3.78. The van der Waals surface area contributed by atoms with E-state index < -0.39 is 5.97 Å². The number of hydrogen-bond acceptors (Lipinski definition) is 6. The molecule has 2 N–H and O–H groups in total. The number of carbonyl (C=O) groups is 1.